The molecule has 0 aliphatic heterocycles. The van der Waals surface area contributed by atoms with Crippen molar-refractivity contribution >= 4 is 6.21 Å². The van der Waals surface area contributed by atoms with Crippen LogP contribution in [0.1, 0.15) is 24.3 Å². The number of rotatable bonds is 3. The maximum atomic E-state index is 8.59. The molecular weight excluding hydrogens is 226 g/mol. The molecule has 3 rings (SSSR count). The third-order valence-corrected chi connectivity index (χ3v) is 3.68. The average molecular weight is 241 g/mol. The average Bonchev–Trinajstić information content (AvgIpc) is 2.89. The van der Waals surface area contributed by atoms with Crippen LogP contribution in [0.4, 0.5) is 0 Å². The molecule has 0 amide bonds. The quantitative estimate of drug-likeness (QED) is 0.510. The van der Waals surface area contributed by atoms with Gasteiger partial charge < -0.3 is 5.21 Å². The van der Waals surface area contributed by atoms with Gasteiger partial charge in [0.05, 0.1) is 5.69 Å². The van der Waals surface area contributed by atoms with E-state index in [-0.39, 0.29) is 0 Å². The highest BCUT2D eigenvalue weighted by atomic mass is 16.4. The Balaban J connectivity index is 1.79. The second-order valence-electron chi connectivity index (χ2n) is 4.65. The van der Waals surface area contributed by atoms with Crippen LogP contribution in [0.25, 0.3) is 5.69 Å². The van der Waals surface area contributed by atoms with Gasteiger partial charge >= 0.3 is 0 Å². The summed E-state index contributed by atoms with van der Waals surface area (Å²) < 4.78 is 1.84. The van der Waals surface area contributed by atoms with E-state index in [4.69, 9.17) is 5.21 Å². The fraction of sp³-hybridized carbons (Fsp3) is 0.286. The standard InChI is InChI=1S/C14H15N3O/c18-16-10-12-4-7-14(12)11-2-5-13(6-3-11)17-9-1-8-15-17/h1-3,5-6,8-10,12,14,18H,4,7H2. The minimum Gasteiger partial charge on any atom is -0.411 e. The second kappa shape index (κ2) is 4.64. The lowest BCUT2D eigenvalue weighted by molar-refractivity contribution is 0.298. The molecule has 2 unspecified atom stereocenters. The smallest absolute Gasteiger partial charge is 0.0645 e. The molecule has 92 valence electrons. The van der Waals surface area contributed by atoms with Gasteiger partial charge in [0.2, 0.25) is 0 Å². The van der Waals surface area contributed by atoms with Crippen LogP contribution in [0.15, 0.2) is 47.9 Å². The summed E-state index contributed by atoms with van der Waals surface area (Å²) in [7, 11) is 0. The largest absolute Gasteiger partial charge is 0.411 e. The van der Waals surface area contributed by atoms with E-state index in [2.05, 4.69) is 34.5 Å². The summed E-state index contributed by atoms with van der Waals surface area (Å²) in [5.41, 5.74) is 2.37. The first-order valence-electron chi connectivity index (χ1n) is 6.16. The third kappa shape index (κ3) is 1.90. The summed E-state index contributed by atoms with van der Waals surface area (Å²) in [6.45, 7) is 0. The van der Waals surface area contributed by atoms with Crippen molar-refractivity contribution in [1.29, 1.82) is 0 Å². The summed E-state index contributed by atoms with van der Waals surface area (Å²) in [4.78, 5) is 0. The van der Waals surface area contributed by atoms with Crippen molar-refractivity contribution in [1.82, 2.24) is 9.78 Å². The van der Waals surface area contributed by atoms with Crippen LogP contribution in [-0.2, 0) is 0 Å². The Hall–Kier alpha value is -2.10. The topological polar surface area (TPSA) is 50.4 Å². The van der Waals surface area contributed by atoms with Crippen molar-refractivity contribution in [2.45, 2.75) is 18.8 Å². The molecule has 1 aromatic heterocycles. The molecule has 18 heavy (non-hydrogen) atoms. The maximum absolute atomic E-state index is 8.59. The zero-order valence-corrected chi connectivity index (χ0v) is 9.98. The van der Waals surface area contributed by atoms with Gasteiger partial charge in [0.15, 0.2) is 0 Å². The Morgan fingerprint density at radius 2 is 2.11 bits per heavy atom. The SMILES string of the molecule is ON=CC1CCC1c1ccc(-n2cccn2)cc1. The van der Waals surface area contributed by atoms with Crippen molar-refractivity contribution in [3.05, 3.63) is 48.3 Å². The van der Waals surface area contributed by atoms with Crippen molar-refractivity contribution in [2.75, 3.05) is 0 Å². The molecule has 1 aromatic carbocycles. The summed E-state index contributed by atoms with van der Waals surface area (Å²) in [5.74, 6) is 0.873. The molecule has 1 aliphatic carbocycles. The summed E-state index contributed by atoms with van der Waals surface area (Å²) in [6.07, 6.45) is 7.62. The Bertz CT molecular complexity index is 531. The van der Waals surface area contributed by atoms with Crippen LogP contribution in [0.5, 0.6) is 0 Å². The maximum Gasteiger partial charge on any atom is 0.0645 e. The van der Waals surface area contributed by atoms with E-state index in [0.717, 1.165) is 18.5 Å². The zero-order valence-electron chi connectivity index (χ0n) is 9.98. The Kier molecular flexibility index (Phi) is 2.84. The molecule has 4 heteroatoms. The number of hydrogen-bond acceptors (Lipinski definition) is 3. The molecule has 1 heterocycles. The number of hydrogen-bond donors (Lipinski definition) is 1. The van der Waals surface area contributed by atoms with Gasteiger partial charge in [0.25, 0.3) is 0 Å². The molecule has 4 nitrogen and oxygen atoms in total. The summed E-state index contributed by atoms with van der Waals surface area (Å²) >= 11 is 0. The van der Waals surface area contributed by atoms with Gasteiger partial charge in [0.1, 0.15) is 0 Å². The van der Waals surface area contributed by atoms with E-state index in [1.807, 2.05) is 16.9 Å². The molecule has 0 radical (unpaired) electrons. The van der Waals surface area contributed by atoms with Crippen LogP contribution in [0.2, 0.25) is 0 Å². The number of nitrogens with zero attached hydrogens (tertiary/aromatic N) is 3. The van der Waals surface area contributed by atoms with E-state index in [1.54, 1.807) is 12.4 Å². The van der Waals surface area contributed by atoms with Gasteiger partial charge in [-0.1, -0.05) is 12.1 Å². The minimum atomic E-state index is 0.380. The lowest BCUT2D eigenvalue weighted by atomic mass is 9.70. The lowest BCUT2D eigenvalue weighted by Crippen LogP contribution is -2.24. The van der Waals surface area contributed by atoms with E-state index >= 15 is 0 Å². The summed E-state index contributed by atoms with van der Waals surface area (Å²) in [5, 5.41) is 15.9. The highest BCUT2D eigenvalue weighted by Gasteiger charge is 2.30. The highest BCUT2D eigenvalue weighted by Crippen LogP contribution is 2.41. The van der Waals surface area contributed by atoms with E-state index in [9.17, 15) is 0 Å². The minimum absolute atomic E-state index is 0.380. The fourth-order valence-electron chi connectivity index (χ4n) is 2.50. The van der Waals surface area contributed by atoms with Crippen LogP contribution in [-0.4, -0.2) is 21.2 Å². The normalized spacial score (nSPS) is 23.1. The molecule has 1 aliphatic rings. The number of aromatic nitrogens is 2. The summed E-state index contributed by atoms with van der Waals surface area (Å²) in [6, 6.07) is 10.3. The van der Waals surface area contributed by atoms with E-state index in [0.29, 0.717) is 11.8 Å². The van der Waals surface area contributed by atoms with Gasteiger partial charge in [0, 0.05) is 24.5 Å². The second-order valence-corrected chi connectivity index (χ2v) is 4.65. The van der Waals surface area contributed by atoms with Crippen LogP contribution < -0.4 is 0 Å². The van der Waals surface area contributed by atoms with Gasteiger partial charge in [-0.3, -0.25) is 0 Å². The van der Waals surface area contributed by atoms with Crippen molar-refractivity contribution in [2.24, 2.45) is 11.1 Å². The molecule has 2 aromatic rings. The fourth-order valence-corrected chi connectivity index (χ4v) is 2.50. The molecular formula is C14H15N3O. The molecule has 0 saturated heterocycles. The van der Waals surface area contributed by atoms with Gasteiger partial charge in [-0.15, -0.1) is 5.16 Å². The third-order valence-electron chi connectivity index (χ3n) is 3.68. The molecule has 2 atom stereocenters. The van der Waals surface area contributed by atoms with Gasteiger partial charge in [-0.2, -0.15) is 5.10 Å². The zero-order chi connectivity index (χ0) is 12.4. The molecule has 1 fully saturated rings. The van der Waals surface area contributed by atoms with Crippen molar-refractivity contribution < 1.29 is 5.21 Å². The highest BCUT2D eigenvalue weighted by molar-refractivity contribution is 5.63. The Labute approximate surface area is 106 Å². The number of benzene rings is 1. The first-order chi connectivity index (χ1) is 8.88. The predicted molar refractivity (Wildman–Crippen MR) is 69.3 cm³/mol. The monoisotopic (exact) mass is 241 g/mol. The molecule has 1 saturated carbocycles. The molecule has 1 N–H and O–H groups in total. The first kappa shape index (κ1) is 11.0. The first-order valence-corrected chi connectivity index (χ1v) is 6.16. The van der Waals surface area contributed by atoms with Crippen LogP contribution in [0.3, 0.4) is 0 Å². The van der Waals surface area contributed by atoms with Gasteiger partial charge in [-0.25, -0.2) is 4.68 Å². The van der Waals surface area contributed by atoms with E-state index in [1.165, 1.54) is 5.56 Å². The Morgan fingerprint density at radius 1 is 1.28 bits per heavy atom. The molecule has 0 bridgehead atoms. The van der Waals surface area contributed by atoms with E-state index < -0.39 is 0 Å². The van der Waals surface area contributed by atoms with Crippen LogP contribution in [0, 0.1) is 5.92 Å². The lowest BCUT2D eigenvalue weighted by Gasteiger charge is -2.34. The van der Waals surface area contributed by atoms with Crippen molar-refractivity contribution in [3.63, 3.8) is 0 Å². The van der Waals surface area contributed by atoms with Gasteiger partial charge in [-0.05, 0) is 42.5 Å². The predicted octanol–water partition coefficient (Wildman–Crippen LogP) is 2.83. The van der Waals surface area contributed by atoms with Crippen LogP contribution >= 0.6 is 0 Å². The molecule has 0 spiro atoms. The number of oxime groups is 1. The van der Waals surface area contributed by atoms with Crippen molar-refractivity contribution in [3.8, 4) is 5.69 Å². The Morgan fingerprint density at radius 3 is 2.67 bits per heavy atom.